The van der Waals surface area contributed by atoms with Crippen molar-refractivity contribution in [2.24, 2.45) is 0 Å². The van der Waals surface area contributed by atoms with E-state index < -0.39 is 21.5 Å². The molecule has 0 atom stereocenters. The smallest absolute Gasteiger partial charge is 0.228 e. The third-order valence-electron chi connectivity index (χ3n) is 7.83. The number of aromatic nitrogens is 6. The fourth-order valence-corrected chi connectivity index (χ4v) is 6.21. The van der Waals surface area contributed by atoms with Crippen LogP contribution in [0.1, 0.15) is 11.1 Å². The van der Waals surface area contributed by atoms with E-state index in [0.717, 1.165) is 11.8 Å². The summed E-state index contributed by atoms with van der Waals surface area (Å²) in [6.07, 6.45) is 6.15. The van der Waals surface area contributed by atoms with Crippen LogP contribution in [0.15, 0.2) is 91.4 Å². The molecule has 0 radical (unpaired) electrons. The number of benzene rings is 3. The molecule has 4 aromatic heterocycles. The van der Waals surface area contributed by atoms with Gasteiger partial charge in [-0.05, 0) is 65.1 Å². The third-order valence-corrected chi connectivity index (χ3v) is 8.78. The number of anilines is 1. The summed E-state index contributed by atoms with van der Waals surface area (Å²) in [6.45, 7) is 0. The van der Waals surface area contributed by atoms with Crippen molar-refractivity contribution in [2.45, 2.75) is 12.8 Å². The van der Waals surface area contributed by atoms with E-state index in [1.165, 1.54) is 24.4 Å². The Labute approximate surface area is 273 Å². The summed E-state index contributed by atoms with van der Waals surface area (Å²) < 4.78 is 53.5. The highest BCUT2D eigenvalue weighted by atomic mass is 32.2. The molecular weight excluding hydrogens is 636 g/mol. The number of nitrogens with zero attached hydrogens (tertiary/aromatic N) is 4. The van der Waals surface area contributed by atoms with Crippen LogP contribution in [0.5, 0.6) is 0 Å². The Balaban J connectivity index is 1.22. The lowest BCUT2D eigenvalue weighted by atomic mass is 10.0. The molecule has 7 aromatic rings. The zero-order valence-electron chi connectivity index (χ0n) is 25.5. The fraction of sp³-hybridized carbons (Fsp3) is 0.114. The zero-order chi connectivity index (χ0) is 33.4. The number of imidazole rings is 1. The monoisotopic (exact) mass is 663 g/mol. The van der Waals surface area contributed by atoms with Crippen LogP contribution in [0.2, 0.25) is 0 Å². The number of aromatic amines is 2. The average Bonchev–Trinajstić information content (AvgIpc) is 3.68. The van der Waals surface area contributed by atoms with Gasteiger partial charge in [-0.1, -0.05) is 36.4 Å². The topological polar surface area (TPSA) is 146 Å². The minimum Gasteiger partial charge on any atom is -0.335 e. The van der Waals surface area contributed by atoms with E-state index in [4.69, 9.17) is 0 Å². The summed E-state index contributed by atoms with van der Waals surface area (Å²) in [7, 11) is -3.23. The van der Waals surface area contributed by atoms with E-state index in [2.05, 4.69) is 35.5 Å². The van der Waals surface area contributed by atoms with Gasteiger partial charge in [0.1, 0.15) is 26.9 Å². The number of fused-ring (bicyclic) bond motifs is 2. The summed E-state index contributed by atoms with van der Waals surface area (Å²) in [4.78, 5) is 29.1. The maximum Gasteiger partial charge on any atom is 0.228 e. The van der Waals surface area contributed by atoms with Crippen LogP contribution < -0.4 is 5.32 Å². The van der Waals surface area contributed by atoms with Gasteiger partial charge in [0.15, 0.2) is 17.3 Å². The average molecular weight is 664 g/mol. The molecule has 1 amide bonds. The van der Waals surface area contributed by atoms with Gasteiger partial charge in [0.25, 0.3) is 0 Å². The van der Waals surface area contributed by atoms with Crippen molar-refractivity contribution in [3.8, 4) is 33.8 Å². The number of H-pyrrole nitrogens is 2. The van der Waals surface area contributed by atoms with Crippen LogP contribution in [0.25, 0.3) is 55.8 Å². The van der Waals surface area contributed by atoms with Crippen molar-refractivity contribution in [3.05, 3.63) is 114 Å². The molecule has 0 saturated carbocycles. The molecule has 3 N–H and O–H groups in total. The van der Waals surface area contributed by atoms with Crippen molar-refractivity contribution < 1.29 is 22.0 Å². The van der Waals surface area contributed by atoms with Gasteiger partial charge in [-0.25, -0.2) is 27.2 Å². The van der Waals surface area contributed by atoms with E-state index in [9.17, 15) is 17.6 Å². The number of carbonyl (C=O) groups excluding carboxylic acids is 1. The first-order valence-electron chi connectivity index (χ1n) is 14.9. The van der Waals surface area contributed by atoms with Gasteiger partial charge in [-0.3, -0.25) is 14.9 Å². The predicted octanol–water partition coefficient (Wildman–Crippen LogP) is 6.28. The number of rotatable bonds is 9. The molecule has 4 heterocycles. The lowest BCUT2D eigenvalue weighted by molar-refractivity contribution is -0.115. The highest BCUT2D eigenvalue weighted by Gasteiger charge is 2.19. The Hall–Kier alpha value is -5.82. The lowest BCUT2D eigenvalue weighted by Gasteiger charge is -2.08. The number of nitrogens with one attached hydrogen (secondary N) is 3. The molecule has 0 saturated heterocycles. The second-order valence-corrected chi connectivity index (χ2v) is 13.8. The molecule has 0 aliphatic rings. The van der Waals surface area contributed by atoms with Gasteiger partial charge >= 0.3 is 0 Å². The molecule has 10 nitrogen and oxygen atoms in total. The second-order valence-electron chi connectivity index (χ2n) is 11.5. The third kappa shape index (κ3) is 6.53. The Kier molecular flexibility index (Phi) is 7.97. The summed E-state index contributed by atoms with van der Waals surface area (Å²) in [5.41, 5.74) is 5.44. The summed E-state index contributed by atoms with van der Waals surface area (Å²) in [5.74, 6) is -1.06. The number of hydrogen-bond donors (Lipinski definition) is 3. The van der Waals surface area contributed by atoms with Crippen molar-refractivity contribution in [2.75, 3.05) is 17.3 Å². The van der Waals surface area contributed by atoms with Crippen LogP contribution in [0.4, 0.5) is 14.5 Å². The Bertz CT molecular complexity index is 2440. The van der Waals surface area contributed by atoms with Gasteiger partial charge in [-0.2, -0.15) is 5.10 Å². The number of pyridine rings is 2. The van der Waals surface area contributed by atoms with E-state index in [-0.39, 0.29) is 30.0 Å². The first kappa shape index (κ1) is 30.8. The van der Waals surface area contributed by atoms with E-state index in [1.807, 2.05) is 30.3 Å². The number of carbonyl (C=O) groups is 1. The zero-order valence-corrected chi connectivity index (χ0v) is 26.3. The SMILES string of the molecule is CS(=O)(=O)CCc1cc(F)cc(-c2ccnc3nc(-c4[nH]nc5c(F)cc(-c6cncc(NC(=O)Cc7ccccc7)c6)cc45)[nH]c23)c1. The van der Waals surface area contributed by atoms with Gasteiger partial charge in [0.2, 0.25) is 5.91 Å². The number of hydrogen-bond acceptors (Lipinski definition) is 7. The number of sulfone groups is 1. The Morgan fingerprint density at radius 3 is 2.56 bits per heavy atom. The van der Waals surface area contributed by atoms with Crippen molar-refractivity contribution in [1.29, 1.82) is 0 Å². The highest BCUT2D eigenvalue weighted by molar-refractivity contribution is 7.90. The predicted molar refractivity (Wildman–Crippen MR) is 180 cm³/mol. The van der Waals surface area contributed by atoms with E-state index in [0.29, 0.717) is 61.6 Å². The normalized spacial score (nSPS) is 11.7. The first-order valence-corrected chi connectivity index (χ1v) is 17.0. The molecule has 0 aliphatic carbocycles. The molecule has 0 unspecified atom stereocenters. The number of amides is 1. The van der Waals surface area contributed by atoms with Crippen LogP contribution in [0, 0.1) is 11.6 Å². The Morgan fingerprint density at radius 1 is 0.917 bits per heavy atom. The molecular formula is C35H27F2N7O3S. The molecule has 0 spiro atoms. The molecule has 3 aromatic carbocycles. The molecule has 0 aliphatic heterocycles. The molecule has 13 heteroatoms. The van der Waals surface area contributed by atoms with Crippen LogP contribution in [-0.2, 0) is 27.5 Å². The molecule has 240 valence electrons. The summed E-state index contributed by atoms with van der Waals surface area (Å²) in [5, 5.41) is 10.4. The van der Waals surface area contributed by atoms with Crippen LogP contribution in [0.3, 0.4) is 0 Å². The summed E-state index contributed by atoms with van der Waals surface area (Å²) >= 11 is 0. The largest absolute Gasteiger partial charge is 0.335 e. The first-order chi connectivity index (χ1) is 23.1. The van der Waals surface area contributed by atoms with Gasteiger partial charge in [-0.15, -0.1) is 0 Å². The van der Waals surface area contributed by atoms with Gasteiger partial charge < -0.3 is 10.3 Å². The quantitative estimate of drug-likeness (QED) is 0.165. The minimum atomic E-state index is -3.23. The maximum absolute atomic E-state index is 15.4. The van der Waals surface area contributed by atoms with Crippen molar-refractivity contribution in [3.63, 3.8) is 0 Å². The molecule has 0 fully saturated rings. The molecule has 0 bridgehead atoms. The second kappa shape index (κ2) is 12.4. The number of aryl methyl sites for hydroxylation is 1. The van der Waals surface area contributed by atoms with E-state index >= 15 is 4.39 Å². The molecule has 48 heavy (non-hydrogen) atoms. The van der Waals surface area contributed by atoms with Gasteiger partial charge in [0.05, 0.1) is 29.6 Å². The standard InChI is InChI=1S/C35H27F2N7O3S/c1-48(46,47)10-8-21-11-23(14-25(36)12-21)27-7-9-39-34-32(27)41-35(42-34)33-28-16-22(17-29(37)31(28)43-44-33)24-15-26(19-38-18-24)40-30(45)13-20-5-3-2-4-6-20/h2-7,9,11-12,14-19H,8,10,13H2,1H3,(H,40,45)(H,43,44)(H,39,41,42). The van der Waals surface area contributed by atoms with Gasteiger partial charge in [0, 0.05) is 35.2 Å². The summed E-state index contributed by atoms with van der Waals surface area (Å²) in [6, 6.07) is 20.3. The lowest BCUT2D eigenvalue weighted by Crippen LogP contribution is -2.14. The fourth-order valence-electron chi connectivity index (χ4n) is 5.60. The number of halogens is 2. The van der Waals surface area contributed by atoms with Crippen LogP contribution in [-0.4, -0.2) is 56.5 Å². The minimum absolute atomic E-state index is 0.100. The van der Waals surface area contributed by atoms with E-state index in [1.54, 1.807) is 36.7 Å². The Morgan fingerprint density at radius 2 is 1.75 bits per heavy atom. The van der Waals surface area contributed by atoms with Crippen molar-refractivity contribution >= 4 is 43.5 Å². The maximum atomic E-state index is 15.4. The highest BCUT2D eigenvalue weighted by Crippen LogP contribution is 2.34. The van der Waals surface area contributed by atoms with Crippen LogP contribution >= 0.6 is 0 Å². The van der Waals surface area contributed by atoms with Crippen molar-refractivity contribution in [1.82, 2.24) is 30.1 Å². The molecule has 7 rings (SSSR count).